The number of aryl methyl sites for hydroxylation is 1. The Morgan fingerprint density at radius 2 is 1.79 bits per heavy atom. The Balaban J connectivity index is 1.74. The quantitative estimate of drug-likeness (QED) is 0.824. The van der Waals surface area contributed by atoms with Crippen molar-refractivity contribution in [3.05, 3.63) is 29.8 Å². The summed E-state index contributed by atoms with van der Waals surface area (Å²) in [6.07, 6.45) is 6.29. The summed E-state index contributed by atoms with van der Waals surface area (Å²) in [5.74, 6) is 3.30. The predicted molar refractivity (Wildman–Crippen MR) is 91.7 cm³/mol. The van der Waals surface area contributed by atoms with Crippen LogP contribution in [0.25, 0.3) is 0 Å². The molecule has 24 heavy (non-hydrogen) atoms. The standard InChI is InChI=1S/C18H23N3O3/c1-3-10-19-18(23)21-13-11-20(12-14-21)17(22)9-6-15-4-7-16(24-2)8-5-15/h1,4-5,7-8H,6,9-14H2,2H3,(H,19,23). The Labute approximate surface area is 142 Å². The van der Waals surface area contributed by atoms with Crippen LogP contribution in [0.1, 0.15) is 12.0 Å². The number of piperazine rings is 1. The van der Waals surface area contributed by atoms with E-state index in [1.165, 1.54) is 0 Å². The fourth-order valence-electron chi connectivity index (χ4n) is 2.60. The molecule has 0 aromatic heterocycles. The average molecular weight is 329 g/mol. The number of hydrogen-bond acceptors (Lipinski definition) is 3. The van der Waals surface area contributed by atoms with Gasteiger partial charge in [-0.2, -0.15) is 0 Å². The summed E-state index contributed by atoms with van der Waals surface area (Å²) in [5, 5.41) is 2.64. The van der Waals surface area contributed by atoms with Gasteiger partial charge >= 0.3 is 6.03 Å². The van der Waals surface area contributed by atoms with Crippen LogP contribution in [0.5, 0.6) is 5.75 Å². The van der Waals surface area contributed by atoms with Gasteiger partial charge in [-0.3, -0.25) is 4.79 Å². The molecule has 1 fully saturated rings. The number of rotatable bonds is 5. The molecule has 1 heterocycles. The average Bonchev–Trinajstić information content (AvgIpc) is 2.64. The van der Waals surface area contributed by atoms with E-state index in [1.807, 2.05) is 29.2 Å². The number of carbonyl (C=O) groups excluding carboxylic acids is 2. The van der Waals surface area contributed by atoms with E-state index in [0.717, 1.165) is 11.3 Å². The Morgan fingerprint density at radius 3 is 2.38 bits per heavy atom. The summed E-state index contributed by atoms with van der Waals surface area (Å²) >= 11 is 0. The van der Waals surface area contributed by atoms with Crippen molar-refractivity contribution in [2.45, 2.75) is 12.8 Å². The number of benzene rings is 1. The molecule has 0 spiro atoms. The van der Waals surface area contributed by atoms with Crippen LogP contribution in [0.4, 0.5) is 4.79 Å². The van der Waals surface area contributed by atoms with E-state index in [2.05, 4.69) is 11.2 Å². The lowest BCUT2D eigenvalue weighted by Gasteiger charge is -2.34. The van der Waals surface area contributed by atoms with Crippen LogP contribution < -0.4 is 10.1 Å². The summed E-state index contributed by atoms with van der Waals surface area (Å²) in [4.78, 5) is 27.6. The van der Waals surface area contributed by atoms with E-state index in [4.69, 9.17) is 11.2 Å². The van der Waals surface area contributed by atoms with Gasteiger partial charge in [0.25, 0.3) is 0 Å². The number of methoxy groups -OCH3 is 1. The van der Waals surface area contributed by atoms with Gasteiger partial charge < -0.3 is 19.9 Å². The molecule has 128 valence electrons. The lowest BCUT2D eigenvalue weighted by molar-refractivity contribution is -0.132. The number of hydrogen-bond donors (Lipinski definition) is 1. The normalized spacial score (nSPS) is 14.0. The maximum absolute atomic E-state index is 12.3. The highest BCUT2D eigenvalue weighted by Crippen LogP contribution is 2.13. The summed E-state index contributed by atoms with van der Waals surface area (Å²) in [7, 11) is 1.63. The minimum absolute atomic E-state index is 0.120. The molecule has 6 nitrogen and oxygen atoms in total. The Hall–Kier alpha value is -2.68. The summed E-state index contributed by atoms with van der Waals surface area (Å²) in [5.41, 5.74) is 1.11. The Kier molecular flexibility index (Phi) is 6.50. The molecular formula is C18H23N3O3. The van der Waals surface area contributed by atoms with Crippen molar-refractivity contribution in [1.82, 2.24) is 15.1 Å². The molecule has 0 aliphatic carbocycles. The van der Waals surface area contributed by atoms with Crippen LogP contribution >= 0.6 is 0 Å². The largest absolute Gasteiger partial charge is 0.497 e. The molecule has 1 saturated heterocycles. The van der Waals surface area contributed by atoms with Crippen molar-refractivity contribution >= 4 is 11.9 Å². The first-order chi connectivity index (χ1) is 11.6. The molecule has 0 radical (unpaired) electrons. The van der Waals surface area contributed by atoms with Gasteiger partial charge in [-0.15, -0.1) is 6.42 Å². The highest BCUT2D eigenvalue weighted by Gasteiger charge is 2.23. The van der Waals surface area contributed by atoms with Gasteiger partial charge in [0, 0.05) is 32.6 Å². The number of urea groups is 1. The molecule has 0 bridgehead atoms. The van der Waals surface area contributed by atoms with Gasteiger partial charge in [-0.25, -0.2) is 4.79 Å². The third kappa shape index (κ3) is 4.92. The van der Waals surface area contributed by atoms with Crippen LogP contribution in [0.15, 0.2) is 24.3 Å². The lowest BCUT2D eigenvalue weighted by Crippen LogP contribution is -2.53. The minimum atomic E-state index is -0.168. The molecule has 1 aliphatic heterocycles. The molecule has 0 unspecified atom stereocenters. The second kappa shape index (κ2) is 8.82. The number of nitrogens with zero attached hydrogens (tertiary/aromatic N) is 2. The number of ether oxygens (including phenoxy) is 1. The summed E-state index contributed by atoms with van der Waals surface area (Å²) in [6, 6.07) is 7.57. The van der Waals surface area contributed by atoms with E-state index >= 15 is 0 Å². The highest BCUT2D eigenvalue weighted by atomic mass is 16.5. The van der Waals surface area contributed by atoms with Crippen LogP contribution in [0.3, 0.4) is 0 Å². The molecule has 2 rings (SSSR count). The third-order valence-corrected chi connectivity index (χ3v) is 4.05. The number of nitrogens with one attached hydrogen (secondary N) is 1. The van der Waals surface area contributed by atoms with Crippen molar-refractivity contribution in [3.63, 3.8) is 0 Å². The van der Waals surface area contributed by atoms with E-state index in [-0.39, 0.29) is 18.5 Å². The molecule has 1 aliphatic rings. The minimum Gasteiger partial charge on any atom is -0.497 e. The molecule has 3 amide bonds. The van der Waals surface area contributed by atoms with Crippen molar-refractivity contribution in [2.75, 3.05) is 39.8 Å². The molecule has 6 heteroatoms. The van der Waals surface area contributed by atoms with Crippen LogP contribution in [0.2, 0.25) is 0 Å². The van der Waals surface area contributed by atoms with Crippen molar-refractivity contribution in [2.24, 2.45) is 0 Å². The van der Waals surface area contributed by atoms with E-state index in [1.54, 1.807) is 12.0 Å². The van der Waals surface area contributed by atoms with Gasteiger partial charge in [0.1, 0.15) is 5.75 Å². The van der Waals surface area contributed by atoms with Crippen molar-refractivity contribution < 1.29 is 14.3 Å². The summed E-state index contributed by atoms with van der Waals surface area (Å²) < 4.78 is 5.12. The van der Waals surface area contributed by atoms with Crippen LogP contribution in [0, 0.1) is 12.3 Å². The van der Waals surface area contributed by atoms with E-state index in [0.29, 0.717) is 39.0 Å². The molecule has 0 atom stereocenters. The first-order valence-corrected chi connectivity index (χ1v) is 8.01. The zero-order chi connectivity index (χ0) is 17.4. The molecule has 1 aromatic rings. The lowest BCUT2D eigenvalue weighted by atomic mass is 10.1. The smallest absolute Gasteiger partial charge is 0.318 e. The fraction of sp³-hybridized carbons (Fsp3) is 0.444. The topological polar surface area (TPSA) is 61.9 Å². The Morgan fingerprint density at radius 1 is 1.17 bits per heavy atom. The number of terminal acetylenes is 1. The maximum atomic E-state index is 12.3. The SMILES string of the molecule is C#CCNC(=O)N1CCN(C(=O)CCc2ccc(OC)cc2)CC1. The highest BCUT2D eigenvalue weighted by molar-refractivity contribution is 5.78. The second-order valence-corrected chi connectivity index (χ2v) is 5.58. The predicted octanol–water partition coefficient (Wildman–Crippen LogP) is 1.11. The molecule has 0 saturated carbocycles. The van der Waals surface area contributed by atoms with Gasteiger partial charge in [-0.1, -0.05) is 18.1 Å². The zero-order valence-corrected chi connectivity index (χ0v) is 14.0. The third-order valence-electron chi connectivity index (χ3n) is 4.05. The van der Waals surface area contributed by atoms with E-state index < -0.39 is 0 Å². The van der Waals surface area contributed by atoms with Gasteiger partial charge in [0.2, 0.25) is 5.91 Å². The first-order valence-electron chi connectivity index (χ1n) is 8.01. The van der Waals surface area contributed by atoms with Gasteiger partial charge in [-0.05, 0) is 24.1 Å². The van der Waals surface area contributed by atoms with Crippen LogP contribution in [-0.4, -0.2) is 61.6 Å². The monoisotopic (exact) mass is 329 g/mol. The summed E-state index contributed by atoms with van der Waals surface area (Å²) in [6.45, 7) is 2.41. The van der Waals surface area contributed by atoms with Gasteiger partial charge in [0.05, 0.1) is 13.7 Å². The van der Waals surface area contributed by atoms with Crippen molar-refractivity contribution in [1.29, 1.82) is 0 Å². The zero-order valence-electron chi connectivity index (χ0n) is 14.0. The fourth-order valence-corrected chi connectivity index (χ4v) is 2.60. The number of carbonyl (C=O) groups is 2. The molecule has 1 N–H and O–H groups in total. The Bertz CT molecular complexity index is 599. The van der Waals surface area contributed by atoms with E-state index in [9.17, 15) is 9.59 Å². The van der Waals surface area contributed by atoms with Gasteiger partial charge in [0.15, 0.2) is 0 Å². The number of amides is 3. The van der Waals surface area contributed by atoms with Crippen LogP contribution in [-0.2, 0) is 11.2 Å². The molecular weight excluding hydrogens is 306 g/mol. The first kappa shape index (κ1) is 17.7. The second-order valence-electron chi connectivity index (χ2n) is 5.58. The molecule has 1 aromatic carbocycles. The van der Waals surface area contributed by atoms with Crippen molar-refractivity contribution in [3.8, 4) is 18.1 Å². The maximum Gasteiger partial charge on any atom is 0.318 e.